The van der Waals surface area contributed by atoms with Crippen molar-refractivity contribution < 1.29 is 9.59 Å². The Hall–Kier alpha value is -2.42. The predicted octanol–water partition coefficient (Wildman–Crippen LogP) is 3.70. The number of hydrogen-bond acceptors (Lipinski definition) is 2. The van der Waals surface area contributed by atoms with Gasteiger partial charge >= 0.3 is 0 Å². The molecule has 0 saturated heterocycles. The molecule has 0 fully saturated rings. The first-order chi connectivity index (χ1) is 10.1. The number of carbonyl (C=O) groups is 2. The smallest absolute Gasteiger partial charge is 0.251 e. The largest absolute Gasteiger partial charge is 0.352 e. The lowest BCUT2D eigenvalue weighted by atomic mass is 10.0. The van der Waals surface area contributed by atoms with E-state index in [1.807, 2.05) is 37.3 Å². The zero-order chi connectivity index (χ0) is 15.2. The van der Waals surface area contributed by atoms with Gasteiger partial charge in [0.05, 0.1) is 0 Å². The van der Waals surface area contributed by atoms with Gasteiger partial charge in [-0.2, -0.15) is 0 Å². The average Bonchev–Trinajstić information content (AvgIpc) is 2.53. The second-order valence-corrected chi connectivity index (χ2v) is 4.97. The van der Waals surface area contributed by atoms with E-state index in [4.69, 9.17) is 0 Å². The van der Waals surface area contributed by atoms with Crippen LogP contribution in [0.25, 0.3) is 11.1 Å². The molecule has 2 aromatic carbocycles. The minimum absolute atomic E-state index is 0.0485. The molecule has 0 heterocycles. The van der Waals surface area contributed by atoms with Gasteiger partial charge in [-0.1, -0.05) is 37.3 Å². The second-order valence-electron chi connectivity index (χ2n) is 4.97. The molecule has 0 unspecified atom stereocenters. The van der Waals surface area contributed by atoms with Gasteiger partial charge in [0.15, 0.2) is 5.78 Å². The summed E-state index contributed by atoms with van der Waals surface area (Å²) in [6, 6.07) is 14.9. The Kier molecular flexibility index (Phi) is 4.88. The Balaban J connectivity index is 2.21. The lowest BCUT2D eigenvalue weighted by Crippen LogP contribution is -2.23. The molecule has 0 bridgehead atoms. The van der Waals surface area contributed by atoms with Crippen molar-refractivity contribution in [2.75, 3.05) is 6.54 Å². The van der Waals surface area contributed by atoms with Crippen LogP contribution in [0.4, 0.5) is 0 Å². The highest BCUT2D eigenvalue weighted by Crippen LogP contribution is 2.21. The summed E-state index contributed by atoms with van der Waals surface area (Å²) >= 11 is 0. The monoisotopic (exact) mass is 281 g/mol. The number of benzene rings is 2. The summed E-state index contributed by atoms with van der Waals surface area (Å²) in [5.74, 6) is -0.00620. The molecule has 0 aliphatic heterocycles. The fourth-order valence-electron chi connectivity index (χ4n) is 2.07. The molecule has 0 aliphatic rings. The third-order valence-electron chi connectivity index (χ3n) is 3.29. The molecule has 0 atom stereocenters. The topological polar surface area (TPSA) is 46.2 Å². The van der Waals surface area contributed by atoms with Crippen LogP contribution in [-0.4, -0.2) is 18.2 Å². The normalized spacial score (nSPS) is 10.2. The molecule has 3 nitrogen and oxygen atoms in total. The number of rotatable bonds is 5. The maximum Gasteiger partial charge on any atom is 0.251 e. The Morgan fingerprint density at radius 3 is 2.29 bits per heavy atom. The predicted molar refractivity (Wildman–Crippen MR) is 84.5 cm³/mol. The number of nitrogens with one attached hydrogen (secondary N) is 1. The van der Waals surface area contributed by atoms with E-state index in [1.165, 1.54) is 0 Å². The number of carbonyl (C=O) groups excluding carboxylic acids is 2. The highest BCUT2D eigenvalue weighted by Gasteiger charge is 2.06. The van der Waals surface area contributed by atoms with E-state index in [9.17, 15) is 9.59 Å². The van der Waals surface area contributed by atoms with Crippen molar-refractivity contribution in [2.45, 2.75) is 20.3 Å². The molecule has 108 valence electrons. The zero-order valence-corrected chi connectivity index (χ0v) is 12.3. The number of hydrogen-bond donors (Lipinski definition) is 1. The third kappa shape index (κ3) is 3.78. The van der Waals surface area contributed by atoms with Crippen LogP contribution in [0.3, 0.4) is 0 Å². The van der Waals surface area contributed by atoms with Gasteiger partial charge in [-0.25, -0.2) is 0 Å². The van der Waals surface area contributed by atoms with Crippen LogP contribution in [0.2, 0.25) is 0 Å². The van der Waals surface area contributed by atoms with Crippen LogP contribution in [-0.2, 0) is 0 Å². The van der Waals surface area contributed by atoms with E-state index in [-0.39, 0.29) is 11.7 Å². The SMILES string of the molecule is CCCNC(=O)c1ccc(-c2cccc(C(C)=O)c2)cc1. The van der Waals surface area contributed by atoms with Crippen LogP contribution >= 0.6 is 0 Å². The fraction of sp³-hybridized carbons (Fsp3) is 0.222. The zero-order valence-electron chi connectivity index (χ0n) is 12.3. The van der Waals surface area contributed by atoms with E-state index in [0.717, 1.165) is 17.5 Å². The molecule has 0 saturated carbocycles. The highest BCUT2D eigenvalue weighted by molar-refractivity contribution is 5.96. The van der Waals surface area contributed by atoms with Gasteiger partial charge in [-0.3, -0.25) is 9.59 Å². The van der Waals surface area contributed by atoms with Crippen molar-refractivity contribution in [3.05, 3.63) is 59.7 Å². The van der Waals surface area contributed by atoms with E-state index in [1.54, 1.807) is 25.1 Å². The fourth-order valence-corrected chi connectivity index (χ4v) is 2.07. The van der Waals surface area contributed by atoms with Crippen molar-refractivity contribution >= 4 is 11.7 Å². The molecule has 1 amide bonds. The molecular formula is C18H19NO2. The van der Waals surface area contributed by atoms with Gasteiger partial charge in [0.25, 0.3) is 5.91 Å². The Bertz CT molecular complexity index is 645. The van der Waals surface area contributed by atoms with E-state index >= 15 is 0 Å². The van der Waals surface area contributed by atoms with Crippen LogP contribution in [0.5, 0.6) is 0 Å². The molecule has 1 N–H and O–H groups in total. The second kappa shape index (κ2) is 6.84. The first kappa shape index (κ1) is 15.0. The molecule has 2 aromatic rings. The Labute approximate surface area is 125 Å². The molecule has 0 aliphatic carbocycles. The Morgan fingerprint density at radius 2 is 1.67 bits per heavy atom. The molecular weight excluding hydrogens is 262 g/mol. The first-order valence-corrected chi connectivity index (χ1v) is 7.11. The highest BCUT2D eigenvalue weighted by atomic mass is 16.1. The minimum Gasteiger partial charge on any atom is -0.352 e. The summed E-state index contributed by atoms with van der Waals surface area (Å²) in [5, 5.41) is 2.85. The average molecular weight is 281 g/mol. The van der Waals surface area contributed by atoms with Crippen molar-refractivity contribution in [1.29, 1.82) is 0 Å². The maximum absolute atomic E-state index is 11.8. The van der Waals surface area contributed by atoms with Crippen molar-refractivity contribution in [1.82, 2.24) is 5.32 Å². The van der Waals surface area contributed by atoms with Crippen LogP contribution < -0.4 is 5.32 Å². The number of ketones is 1. The van der Waals surface area contributed by atoms with Crippen molar-refractivity contribution in [3.63, 3.8) is 0 Å². The van der Waals surface area contributed by atoms with Gasteiger partial charge in [0, 0.05) is 17.7 Å². The quantitative estimate of drug-likeness (QED) is 0.849. The van der Waals surface area contributed by atoms with E-state index < -0.39 is 0 Å². The molecule has 0 aromatic heterocycles. The van der Waals surface area contributed by atoms with Crippen molar-refractivity contribution in [2.24, 2.45) is 0 Å². The summed E-state index contributed by atoms with van der Waals surface area (Å²) in [6.07, 6.45) is 0.918. The maximum atomic E-state index is 11.8. The van der Waals surface area contributed by atoms with Crippen LogP contribution in [0, 0.1) is 0 Å². The molecule has 3 heteroatoms. The van der Waals surface area contributed by atoms with Gasteiger partial charge in [-0.05, 0) is 42.7 Å². The summed E-state index contributed by atoms with van der Waals surface area (Å²) in [6.45, 7) is 4.26. The number of amides is 1. The van der Waals surface area contributed by atoms with Gasteiger partial charge in [-0.15, -0.1) is 0 Å². The number of Topliss-reactive ketones (excluding diaryl/α,β-unsaturated/α-hetero) is 1. The van der Waals surface area contributed by atoms with Gasteiger partial charge < -0.3 is 5.32 Å². The van der Waals surface area contributed by atoms with Gasteiger partial charge in [0.1, 0.15) is 0 Å². The Morgan fingerprint density at radius 1 is 0.952 bits per heavy atom. The summed E-state index contributed by atoms with van der Waals surface area (Å²) < 4.78 is 0. The van der Waals surface area contributed by atoms with Crippen LogP contribution in [0.1, 0.15) is 41.0 Å². The summed E-state index contributed by atoms with van der Waals surface area (Å²) in [5.41, 5.74) is 3.31. The van der Waals surface area contributed by atoms with E-state index in [2.05, 4.69) is 5.32 Å². The molecule has 21 heavy (non-hydrogen) atoms. The molecule has 2 rings (SSSR count). The van der Waals surface area contributed by atoms with Gasteiger partial charge in [0.2, 0.25) is 0 Å². The van der Waals surface area contributed by atoms with Crippen molar-refractivity contribution in [3.8, 4) is 11.1 Å². The lowest BCUT2D eigenvalue weighted by Gasteiger charge is -2.06. The first-order valence-electron chi connectivity index (χ1n) is 7.11. The lowest BCUT2D eigenvalue weighted by molar-refractivity contribution is 0.0952. The molecule has 0 spiro atoms. The summed E-state index contributed by atoms with van der Waals surface area (Å²) in [4.78, 5) is 23.3. The summed E-state index contributed by atoms with van der Waals surface area (Å²) in [7, 11) is 0. The standard InChI is InChI=1S/C18H19NO2/c1-3-11-19-18(21)15-9-7-14(8-10-15)17-6-4-5-16(12-17)13(2)20/h4-10,12H,3,11H2,1-2H3,(H,19,21). The minimum atomic E-state index is -0.0547. The van der Waals surface area contributed by atoms with E-state index in [0.29, 0.717) is 17.7 Å². The third-order valence-corrected chi connectivity index (χ3v) is 3.29. The van der Waals surface area contributed by atoms with Crippen LogP contribution in [0.15, 0.2) is 48.5 Å². The molecule has 0 radical (unpaired) electrons.